The van der Waals surface area contributed by atoms with Gasteiger partial charge >= 0.3 is 12.1 Å². The van der Waals surface area contributed by atoms with Crippen LogP contribution in [0.1, 0.15) is 44.9 Å². The number of carbonyl (C=O) groups is 2. The van der Waals surface area contributed by atoms with Crippen LogP contribution in [0.3, 0.4) is 0 Å². The number of imidazole rings is 1. The average molecular weight is 397 g/mol. The third kappa shape index (κ3) is 3.26. The summed E-state index contributed by atoms with van der Waals surface area (Å²) in [4.78, 5) is 29.1. The van der Waals surface area contributed by atoms with Crippen LogP contribution in [0, 0.1) is 23.7 Å². The Bertz CT molecular complexity index is 926. The normalized spacial score (nSPS) is 32.1. The molecule has 2 N–H and O–H groups in total. The van der Waals surface area contributed by atoms with Gasteiger partial charge in [0, 0.05) is 12.6 Å². The monoisotopic (exact) mass is 397 g/mol. The Morgan fingerprint density at radius 1 is 1.21 bits per heavy atom. The van der Waals surface area contributed by atoms with Crippen LogP contribution in [0.15, 0.2) is 30.6 Å². The number of carboxylic acid groups (broad SMARTS) is 1. The summed E-state index contributed by atoms with van der Waals surface area (Å²) in [6.07, 6.45) is 8.79. The van der Waals surface area contributed by atoms with Gasteiger partial charge in [0.05, 0.1) is 11.7 Å². The predicted octanol–water partition coefficient (Wildman–Crippen LogP) is 3.27. The molecule has 4 saturated carbocycles. The highest BCUT2D eigenvalue weighted by Gasteiger charge is 2.50. The lowest BCUT2D eigenvalue weighted by atomic mass is 9.55. The van der Waals surface area contributed by atoms with Crippen LogP contribution in [0.4, 0.5) is 4.79 Å². The molecule has 2 aromatic rings. The fourth-order valence-electron chi connectivity index (χ4n) is 6.07. The van der Waals surface area contributed by atoms with Crippen LogP contribution in [-0.2, 0) is 16.0 Å². The molecule has 4 aliphatic rings. The van der Waals surface area contributed by atoms with Crippen molar-refractivity contribution in [3.8, 4) is 0 Å². The van der Waals surface area contributed by atoms with Crippen molar-refractivity contribution < 1.29 is 19.4 Å². The van der Waals surface area contributed by atoms with E-state index >= 15 is 0 Å². The van der Waals surface area contributed by atoms with Crippen molar-refractivity contribution >= 4 is 17.6 Å². The van der Waals surface area contributed by atoms with Crippen LogP contribution >= 0.6 is 0 Å². The number of rotatable bonds is 5. The number of aliphatic carboxylic acids is 1. The first kappa shape index (κ1) is 18.5. The second-order valence-corrected chi connectivity index (χ2v) is 9.41. The lowest BCUT2D eigenvalue weighted by Gasteiger charge is -2.53. The summed E-state index contributed by atoms with van der Waals surface area (Å²) in [6.45, 7) is 1.51. The van der Waals surface area contributed by atoms with Crippen molar-refractivity contribution in [1.29, 1.82) is 0 Å². The molecule has 1 amide bonds. The molecule has 0 spiro atoms. The molecule has 1 unspecified atom stereocenters. The number of carboxylic acids is 1. The minimum atomic E-state index is -1.50. The SMILES string of the molecule is CC(Cc1ncc2ccccn12)(NC(=O)OC1C2CC3CC(C2)CC1C3)C(=O)O. The van der Waals surface area contributed by atoms with Gasteiger partial charge in [-0.05, 0) is 74.8 Å². The van der Waals surface area contributed by atoms with Crippen LogP contribution in [0.2, 0.25) is 0 Å². The Balaban J connectivity index is 1.30. The molecule has 29 heavy (non-hydrogen) atoms. The maximum absolute atomic E-state index is 12.7. The zero-order chi connectivity index (χ0) is 20.2. The minimum Gasteiger partial charge on any atom is -0.479 e. The summed E-state index contributed by atoms with van der Waals surface area (Å²) < 4.78 is 7.68. The van der Waals surface area contributed by atoms with Gasteiger partial charge < -0.3 is 19.6 Å². The Kier molecular flexibility index (Phi) is 4.29. The van der Waals surface area contributed by atoms with Crippen molar-refractivity contribution in [2.45, 2.75) is 57.1 Å². The highest BCUT2D eigenvalue weighted by Crippen LogP contribution is 2.54. The number of pyridine rings is 1. The summed E-state index contributed by atoms with van der Waals surface area (Å²) in [6, 6.07) is 5.67. The largest absolute Gasteiger partial charge is 0.479 e. The van der Waals surface area contributed by atoms with Crippen molar-refractivity contribution in [2.75, 3.05) is 0 Å². The number of nitrogens with zero attached hydrogens (tertiary/aromatic N) is 2. The second-order valence-electron chi connectivity index (χ2n) is 9.41. The molecular formula is C22H27N3O4. The van der Waals surface area contributed by atoms with Crippen molar-refractivity contribution in [3.05, 3.63) is 36.4 Å². The van der Waals surface area contributed by atoms with Gasteiger partial charge in [0.1, 0.15) is 17.5 Å². The summed E-state index contributed by atoms with van der Waals surface area (Å²) in [5.74, 6) is 1.93. The first-order chi connectivity index (χ1) is 13.9. The molecule has 1 atom stereocenters. The first-order valence-electron chi connectivity index (χ1n) is 10.5. The molecule has 4 fully saturated rings. The lowest BCUT2D eigenvalue weighted by Crippen LogP contribution is -2.56. The molecule has 0 aromatic carbocycles. The van der Waals surface area contributed by atoms with Gasteiger partial charge in [-0.2, -0.15) is 0 Å². The fourth-order valence-corrected chi connectivity index (χ4v) is 6.07. The number of aromatic nitrogens is 2. The molecule has 7 heteroatoms. The van der Waals surface area contributed by atoms with E-state index in [1.54, 1.807) is 6.20 Å². The van der Waals surface area contributed by atoms with Crippen LogP contribution in [-0.4, -0.2) is 38.2 Å². The predicted molar refractivity (Wildman–Crippen MR) is 105 cm³/mol. The van der Waals surface area contributed by atoms with Crippen molar-refractivity contribution in [1.82, 2.24) is 14.7 Å². The molecule has 6 rings (SSSR count). The Morgan fingerprint density at radius 2 is 1.90 bits per heavy atom. The molecule has 0 radical (unpaired) electrons. The van der Waals surface area contributed by atoms with E-state index in [9.17, 15) is 14.7 Å². The summed E-state index contributed by atoms with van der Waals surface area (Å²) >= 11 is 0. The maximum atomic E-state index is 12.7. The quantitative estimate of drug-likeness (QED) is 0.808. The third-order valence-electron chi connectivity index (χ3n) is 7.26. The zero-order valence-corrected chi connectivity index (χ0v) is 16.6. The maximum Gasteiger partial charge on any atom is 0.408 e. The first-order valence-corrected chi connectivity index (χ1v) is 10.5. The molecule has 4 bridgehead atoms. The molecule has 0 saturated heterocycles. The lowest BCUT2D eigenvalue weighted by molar-refractivity contribution is -0.144. The Hall–Kier alpha value is -2.57. The molecular weight excluding hydrogens is 370 g/mol. The topological polar surface area (TPSA) is 92.9 Å². The van der Waals surface area contributed by atoms with Gasteiger partial charge in [0.15, 0.2) is 0 Å². The van der Waals surface area contributed by atoms with E-state index in [0.717, 1.165) is 43.0 Å². The number of amides is 1. The number of alkyl carbamates (subject to hydrolysis) is 1. The van der Waals surface area contributed by atoms with Crippen LogP contribution in [0.25, 0.3) is 5.52 Å². The third-order valence-corrected chi connectivity index (χ3v) is 7.26. The molecule has 2 heterocycles. The van der Waals surface area contributed by atoms with Crippen LogP contribution in [0.5, 0.6) is 0 Å². The van der Waals surface area contributed by atoms with Gasteiger partial charge in [-0.15, -0.1) is 0 Å². The molecule has 0 aliphatic heterocycles. The number of hydrogen-bond donors (Lipinski definition) is 2. The summed E-state index contributed by atoms with van der Waals surface area (Å²) in [7, 11) is 0. The smallest absolute Gasteiger partial charge is 0.408 e. The van der Waals surface area contributed by atoms with E-state index in [-0.39, 0.29) is 12.5 Å². The molecule has 4 aliphatic carbocycles. The molecule has 154 valence electrons. The van der Waals surface area contributed by atoms with E-state index in [1.165, 1.54) is 13.3 Å². The van der Waals surface area contributed by atoms with E-state index < -0.39 is 17.6 Å². The number of fused-ring (bicyclic) bond motifs is 1. The highest BCUT2D eigenvalue weighted by molar-refractivity contribution is 5.84. The van der Waals surface area contributed by atoms with Crippen LogP contribution < -0.4 is 5.32 Å². The van der Waals surface area contributed by atoms with E-state index in [0.29, 0.717) is 17.7 Å². The summed E-state index contributed by atoms with van der Waals surface area (Å²) in [5, 5.41) is 12.5. The molecule has 7 nitrogen and oxygen atoms in total. The Morgan fingerprint density at radius 3 is 2.55 bits per heavy atom. The number of hydrogen-bond acceptors (Lipinski definition) is 4. The van der Waals surface area contributed by atoms with Crippen molar-refractivity contribution in [2.24, 2.45) is 23.7 Å². The fraction of sp³-hybridized carbons (Fsp3) is 0.591. The van der Waals surface area contributed by atoms with Crippen molar-refractivity contribution in [3.63, 3.8) is 0 Å². The highest BCUT2D eigenvalue weighted by atomic mass is 16.6. The minimum absolute atomic E-state index is 0.0668. The van der Waals surface area contributed by atoms with E-state index in [2.05, 4.69) is 10.3 Å². The van der Waals surface area contributed by atoms with Gasteiger partial charge in [0.2, 0.25) is 0 Å². The van der Waals surface area contributed by atoms with E-state index in [4.69, 9.17) is 4.74 Å². The van der Waals surface area contributed by atoms with Gasteiger partial charge in [-0.1, -0.05) is 6.07 Å². The zero-order valence-electron chi connectivity index (χ0n) is 16.6. The number of nitrogens with one attached hydrogen (secondary N) is 1. The molecule has 2 aromatic heterocycles. The Labute approximate surface area is 169 Å². The van der Waals surface area contributed by atoms with E-state index in [1.807, 2.05) is 28.8 Å². The van der Waals surface area contributed by atoms with Gasteiger partial charge in [-0.25, -0.2) is 14.6 Å². The van der Waals surface area contributed by atoms with Gasteiger partial charge in [-0.3, -0.25) is 0 Å². The standard InChI is InChI=1S/C22H27N3O4/c1-22(20(26)27,11-18-23-12-17-4-2-3-5-25(17)18)24-21(28)29-19-15-7-13-6-14(9-15)10-16(19)8-13/h2-5,12-16,19H,6-11H2,1H3,(H,24,28)(H,26,27). The number of ether oxygens (including phenoxy) is 1. The second kappa shape index (κ2) is 6.75. The van der Waals surface area contributed by atoms with Gasteiger partial charge in [0.25, 0.3) is 0 Å². The average Bonchev–Trinajstić information content (AvgIpc) is 3.07. The number of carbonyl (C=O) groups excluding carboxylic acids is 1. The summed E-state index contributed by atoms with van der Waals surface area (Å²) in [5.41, 5.74) is -0.619.